The van der Waals surface area contributed by atoms with Crippen molar-refractivity contribution in [1.82, 2.24) is 4.98 Å². The maximum Gasteiger partial charge on any atom is 0.225 e. The number of pyridine rings is 1. The van der Waals surface area contributed by atoms with Crippen LogP contribution in [0.2, 0.25) is 0 Å². The Hall–Kier alpha value is -1.93. The van der Waals surface area contributed by atoms with E-state index < -0.39 is 9.84 Å². The number of carbonyl (C=O) groups excluding carboxylic acids is 1. The van der Waals surface area contributed by atoms with Crippen LogP contribution >= 0.6 is 15.9 Å². The number of carbonyl (C=O) groups is 1. The van der Waals surface area contributed by atoms with Crippen LogP contribution in [0.1, 0.15) is 34.1 Å². The average Bonchev–Trinajstić information content (AvgIpc) is 2.61. The highest BCUT2D eigenvalue weighted by Crippen LogP contribution is 2.20. The first-order valence-electron chi connectivity index (χ1n) is 9.12. The van der Waals surface area contributed by atoms with E-state index in [4.69, 9.17) is 0 Å². The van der Waals surface area contributed by atoms with E-state index in [1.54, 1.807) is 24.4 Å². The lowest BCUT2D eigenvalue weighted by molar-refractivity contribution is -0.115. The molecule has 2 rings (SSSR count). The number of nitrogens with zero attached hydrogens (tertiary/aromatic N) is 2. The van der Waals surface area contributed by atoms with Gasteiger partial charge in [-0.3, -0.25) is 4.79 Å². The van der Waals surface area contributed by atoms with Crippen LogP contribution in [0.4, 0.5) is 11.5 Å². The third-order valence-corrected chi connectivity index (χ3v) is 6.44. The summed E-state index contributed by atoms with van der Waals surface area (Å²) >= 11 is 3.27. The number of amides is 1. The summed E-state index contributed by atoms with van der Waals surface area (Å²) in [6.45, 7) is 8.40. The zero-order valence-electron chi connectivity index (χ0n) is 16.5. The molecule has 6 nitrogen and oxygen atoms in total. The minimum atomic E-state index is -3.51. The minimum Gasteiger partial charge on any atom is -0.352 e. The quantitative estimate of drug-likeness (QED) is 0.626. The summed E-state index contributed by atoms with van der Waals surface area (Å²) in [4.78, 5) is 19.0. The highest BCUT2D eigenvalue weighted by Gasteiger charge is 2.18. The van der Waals surface area contributed by atoms with Gasteiger partial charge in [-0.25, -0.2) is 13.4 Å². The molecule has 1 heterocycles. The molecule has 0 radical (unpaired) electrons. The summed E-state index contributed by atoms with van der Waals surface area (Å²) in [5.41, 5.74) is 0.544. The summed E-state index contributed by atoms with van der Waals surface area (Å²) in [6, 6.07) is 10.6. The lowest BCUT2D eigenvalue weighted by Crippen LogP contribution is -2.37. The third-order valence-electron chi connectivity index (χ3n) is 4.18. The fraction of sp³-hybridized carbons (Fsp3) is 0.400. The molecule has 0 aliphatic carbocycles. The van der Waals surface area contributed by atoms with Gasteiger partial charge in [0.1, 0.15) is 5.82 Å². The maximum absolute atomic E-state index is 12.3. The molecule has 1 amide bonds. The van der Waals surface area contributed by atoms with Crippen molar-refractivity contribution in [2.45, 2.75) is 51.1 Å². The standard InChI is InChI=1S/C20H26BrN3O3S/c1-14(2)24(15(3)4)19-10-7-17(13-22-19)23-20(25)11-12-28(26,27)18-8-5-16(21)6-9-18/h5-10,13-15H,11-12H2,1-4H3,(H,23,25). The first-order chi connectivity index (χ1) is 13.1. The van der Waals surface area contributed by atoms with Crippen LogP contribution in [0.15, 0.2) is 52.0 Å². The number of hydrogen-bond acceptors (Lipinski definition) is 5. The fourth-order valence-corrected chi connectivity index (χ4v) is 4.45. The summed E-state index contributed by atoms with van der Waals surface area (Å²) in [5.74, 6) is 0.223. The van der Waals surface area contributed by atoms with E-state index in [0.717, 1.165) is 10.3 Å². The Bertz CT molecular complexity index is 887. The number of hydrogen-bond donors (Lipinski definition) is 1. The lowest BCUT2D eigenvalue weighted by atomic mass is 10.2. The second kappa shape index (κ2) is 9.52. The summed E-state index contributed by atoms with van der Waals surface area (Å²) in [7, 11) is -3.51. The Kier molecular flexibility index (Phi) is 7.60. The molecule has 0 saturated heterocycles. The molecule has 0 aliphatic heterocycles. The van der Waals surface area contributed by atoms with Gasteiger partial charge in [-0.15, -0.1) is 0 Å². The number of rotatable bonds is 8. The van der Waals surface area contributed by atoms with Gasteiger partial charge in [-0.05, 0) is 64.1 Å². The Morgan fingerprint density at radius 1 is 1.07 bits per heavy atom. The molecule has 0 fully saturated rings. The van der Waals surface area contributed by atoms with Gasteiger partial charge in [-0.1, -0.05) is 15.9 Å². The maximum atomic E-state index is 12.3. The summed E-state index contributed by atoms with van der Waals surface area (Å²) in [6.07, 6.45) is 1.47. The van der Waals surface area contributed by atoms with Crippen LogP contribution in [0, 0.1) is 0 Å². The van der Waals surface area contributed by atoms with E-state index in [-0.39, 0.29) is 23.0 Å². The molecule has 0 aliphatic rings. The molecule has 0 saturated carbocycles. The number of sulfone groups is 1. The number of nitrogens with one attached hydrogen (secondary N) is 1. The zero-order chi connectivity index (χ0) is 20.9. The molecule has 152 valence electrons. The van der Waals surface area contributed by atoms with Crippen molar-refractivity contribution in [3.63, 3.8) is 0 Å². The number of anilines is 2. The minimum absolute atomic E-state index is 0.121. The smallest absolute Gasteiger partial charge is 0.225 e. The molecule has 0 unspecified atom stereocenters. The highest BCUT2D eigenvalue weighted by atomic mass is 79.9. The first-order valence-corrected chi connectivity index (χ1v) is 11.6. The highest BCUT2D eigenvalue weighted by molar-refractivity contribution is 9.10. The van der Waals surface area contributed by atoms with Crippen LogP contribution < -0.4 is 10.2 Å². The summed E-state index contributed by atoms with van der Waals surface area (Å²) in [5, 5.41) is 2.71. The topological polar surface area (TPSA) is 79.4 Å². The molecular weight excluding hydrogens is 442 g/mol. The summed E-state index contributed by atoms with van der Waals surface area (Å²) < 4.78 is 25.5. The van der Waals surface area contributed by atoms with Gasteiger partial charge in [0.05, 0.1) is 22.5 Å². The van der Waals surface area contributed by atoms with Gasteiger partial charge in [-0.2, -0.15) is 0 Å². The molecule has 1 aromatic heterocycles. The van der Waals surface area contributed by atoms with Crippen molar-refractivity contribution in [1.29, 1.82) is 0 Å². The van der Waals surface area contributed by atoms with E-state index in [0.29, 0.717) is 17.8 Å². The molecule has 8 heteroatoms. The van der Waals surface area contributed by atoms with Crippen molar-refractivity contribution in [2.75, 3.05) is 16.0 Å². The van der Waals surface area contributed by atoms with E-state index >= 15 is 0 Å². The Morgan fingerprint density at radius 3 is 2.18 bits per heavy atom. The van der Waals surface area contributed by atoms with E-state index in [1.165, 1.54) is 12.1 Å². The zero-order valence-corrected chi connectivity index (χ0v) is 18.9. The number of benzene rings is 1. The second-order valence-corrected chi connectivity index (χ2v) is 10.1. The van der Waals surface area contributed by atoms with Crippen molar-refractivity contribution < 1.29 is 13.2 Å². The van der Waals surface area contributed by atoms with Gasteiger partial charge < -0.3 is 10.2 Å². The molecular formula is C20H26BrN3O3S. The van der Waals surface area contributed by atoms with Crippen molar-refractivity contribution >= 4 is 43.2 Å². The van der Waals surface area contributed by atoms with E-state index in [9.17, 15) is 13.2 Å². The van der Waals surface area contributed by atoms with Crippen molar-refractivity contribution in [3.05, 3.63) is 47.1 Å². The van der Waals surface area contributed by atoms with Gasteiger partial charge in [0.25, 0.3) is 0 Å². The van der Waals surface area contributed by atoms with Crippen LogP contribution in [0.25, 0.3) is 0 Å². The predicted molar refractivity (Wildman–Crippen MR) is 116 cm³/mol. The van der Waals surface area contributed by atoms with Crippen LogP contribution in [0.5, 0.6) is 0 Å². The molecule has 0 spiro atoms. The number of halogens is 1. The van der Waals surface area contributed by atoms with Crippen LogP contribution in [0.3, 0.4) is 0 Å². The van der Waals surface area contributed by atoms with Gasteiger partial charge in [0.15, 0.2) is 9.84 Å². The van der Waals surface area contributed by atoms with Crippen LogP contribution in [-0.2, 0) is 14.6 Å². The normalized spacial score (nSPS) is 11.7. The first kappa shape index (κ1) is 22.4. The van der Waals surface area contributed by atoms with Crippen LogP contribution in [-0.4, -0.2) is 37.1 Å². The molecule has 1 aromatic carbocycles. The molecule has 1 N–H and O–H groups in total. The molecule has 0 atom stereocenters. The molecule has 2 aromatic rings. The second-order valence-electron chi connectivity index (χ2n) is 7.07. The predicted octanol–water partition coefficient (Wildman–Crippen LogP) is 4.27. The average molecular weight is 468 g/mol. The Balaban J connectivity index is 1.97. The largest absolute Gasteiger partial charge is 0.352 e. The van der Waals surface area contributed by atoms with Crippen molar-refractivity contribution in [2.24, 2.45) is 0 Å². The SMILES string of the molecule is CC(C)N(c1ccc(NC(=O)CCS(=O)(=O)c2ccc(Br)cc2)cn1)C(C)C. The third kappa shape index (κ3) is 6.04. The number of aromatic nitrogens is 1. The molecule has 28 heavy (non-hydrogen) atoms. The van der Waals surface area contributed by atoms with Gasteiger partial charge >= 0.3 is 0 Å². The Labute approximate surface area is 175 Å². The lowest BCUT2D eigenvalue weighted by Gasteiger charge is -2.31. The van der Waals surface area contributed by atoms with E-state index in [2.05, 4.69) is 58.8 Å². The van der Waals surface area contributed by atoms with Gasteiger partial charge in [0.2, 0.25) is 5.91 Å². The van der Waals surface area contributed by atoms with Gasteiger partial charge in [0, 0.05) is 23.0 Å². The van der Waals surface area contributed by atoms with E-state index in [1.807, 2.05) is 6.07 Å². The molecule has 0 bridgehead atoms. The fourth-order valence-electron chi connectivity index (χ4n) is 2.95. The van der Waals surface area contributed by atoms with Crippen molar-refractivity contribution in [3.8, 4) is 0 Å². The Morgan fingerprint density at radius 2 is 1.68 bits per heavy atom. The monoisotopic (exact) mass is 467 g/mol.